The number of likely N-dealkylation sites (N-methyl/N-ethyl adjacent to an activating group) is 1. The van der Waals surface area contributed by atoms with Crippen molar-refractivity contribution in [1.82, 2.24) is 10.2 Å². The summed E-state index contributed by atoms with van der Waals surface area (Å²) in [5.41, 5.74) is 1.14. The molecule has 3 nitrogen and oxygen atoms in total. The smallest absolute Gasteiger partial charge is 0.193 e. The lowest BCUT2D eigenvalue weighted by Gasteiger charge is -2.18. The first-order valence-electron chi connectivity index (χ1n) is 5.92. The standard InChI is InChI=1S/C13H18FN3/c1-10(11-3-5-12(14)6-4-11)9-16-13-15-7-8-17(13)2/h3-6,10H,7-9H2,1-2H3,(H,15,16). The Labute approximate surface area is 101 Å². The highest BCUT2D eigenvalue weighted by atomic mass is 19.1. The van der Waals surface area contributed by atoms with Gasteiger partial charge in [-0.25, -0.2) is 4.39 Å². The number of aliphatic imine (C=N–C) groups is 1. The van der Waals surface area contributed by atoms with Crippen LogP contribution in [0.5, 0.6) is 0 Å². The molecule has 1 aliphatic heterocycles. The molecule has 17 heavy (non-hydrogen) atoms. The van der Waals surface area contributed by atoms with Crippen LogP contribution in [0.2, 0.25) is 0 Å². The molecule has 0 amide bonds. The average molecular weight is 235 g/mol. The van der Waals surface area contributed by atoms with Gasteiger partial charge >= 0.3 is 0 Å². The Hall–Kier alpha value is -1.58. The Morgan fingerprint density at radius 3 is 2.71 bits per heavy atom. The molecular formula is C13H18FN3. The fraction of sp³-hybridized carbons (Fsp3) is 0.462. The summed E-state index contributed by atoms with van der Waals surface area (Å²) in [5.74, 6) is 1.11. The molecule has 92 valence electrons. The van der Waals surface area contributed by atoms with Crippen LogP contribution in [-0.2, 0) is 0 Å². The number of halogens is 1. The summed E-state index contributed by atoms with van der Waals surface area (Å²) < 4.78 is 12.8. The van der Waals surface area contributed by atoms with Gasteiger partial charge in [0.05, 0.1) is 6.54 Å². The summed E-state index contributed by atoms with van der Waals surface area (Å²) in [6.45, 7) is 4.78. The molecule has 1 heterocycles. The predicted molar refractivity (Wildman–Crippen MR) is 67.7 cm³/mol. The third kappa shape index (κ3) is 2.96. The maximum Gasteiger partial charge on any atom is 0.193 e. The summed E-state index contributed by atoms with van der Waals surface area (Å²) in [6.07, 6.45) is 0. The van der Waals surface area contributed by atoms with Crippen LogP contribution in [0.4, 0.5) is 4.39 Å². The first-order chi connectivity index (χ1) is 8.16. The summed E-state index contributed by atoms with van der Waals surface area (Å²) >= 11 is 0. The van der Waals surface area contributed by atoms with Gasteiger partial charge in [-0.3, -0.25) is 4.99 Å². The highest BCUT2D eigenvalue weighted by Crippen LogP contribution is 2.14. The Bertz CT molecular complexity index is 400. The molecule has 0 saturated carbocycles. The van der Waals surface area contributed by atoms with Crippen molar-refractivity contribution in [3.05, 3.63) is 35.6 Å². The lowest BCUT2D eigenvalue weighted by molar-refractivity contribution is 0.529. The van der Waals surface area contributed by atoms with Gasteiger partial charge in [-0.15, -0.1) is 0 Å². The molecular weight excluding hydrogens is 217 g/mol. The van der Waals surface area contributed by atoms with Crippen LogP contribution in [0.3, 0.4) is 0 Å². The molecule has 1 aromatic rings. The molecule has 4 heteroatoms. The number of nitrogens with one attached hydrogen (secondary N) is 1. The van der Waals surface area contributed by atoms with E-state index in [0.717, 1.165) is 31.2 Å². The van der Waals surface area contributed by atoms with E-state index in [1.54, 1.807) is 0 Å². The number of hydrogen-bond acceptors (Lipinski definition) is 3. The van der Waals surface area contributed by atoms with E-state index in [-0.39, 0.29) is 5.82 Å². The van der Waals surface area contributed by atoms with Crippen LogP contribution in [0, 0.1) is 5.82 Å². The Balaban J connectivity index is 1.89. The normalized spacial score (nSPS) is 16.9. The topological polar surface area (TPSA) is 27.6 Å². The highest BCUT2D eigenvalue weighted by molar-refractivity contribution is 5.81. The van der Waals surface area contributed by atoms with Crippen molar-refractivity contribution in [3.63, 3.8) is 0 Å². The lowest BCUT2D eigenvalue weighted by atomic mass is 10.0. The van der Waals surface area contributed by atoms with Gasteiger partial charge in [0, 0.05) is 20.1 Å². The summed E-state index contributed by atoms with van der Waals surface area (Å²) in [4.78, 5) is 6.48. The highest BCUT2D eigenvalue weighted by Gasteiger charge is 2.13. The van der Waals surface area contributed by atoms with E-state index in [1.165, 1.54) is 12.1 Å². The van der Waals surface area contributed by atoms with Crippen molar-refractivity contribution in [2.75, 3.05) is 26.7 Å². The predicted octanol–water partition coefficient (Wildman–Crippen LogP) is 1.82. The van der Waals surface area contributed by atoms with Crippen molar-refractivity contribution >= 4 is 5.96 Å². The molecule has 0 radical (unpaired) electrons. The molecule has 0 fully saturated rings. The molecule has 1 atom stereocenters. The Kier molecular flexibility index (Phi) is 3.61. The van der Waals surface area contributed by atoms with Gasteiger partial charge < -0.3 is 10.2 Å². The fourth-order valence-electron chi connectivity index (χ4n) is 1.88. The van der Waals surface area contributed by atoms with E-state index in [4.69, 9.17) is 0 Å². The Morgan fingerprint density at radius 1 is 1.41 bits per heavy atom. The maximum atomic E-state index is 12.8. The second-order valence-electron chi connectivity index (χ2n) is 4.46. The van der Waals surface area contributed by atoms with Crippen LogP contribution in [0.25, 0.3) is 0 Å². The van der Waals surface area contributed by atoms with Crippen molar-refractivity contribution < 1.29 is 4.39 Å². The number of nitrogens with zero attached hydrogens (tertiary/aromatic N) is 2. The van der Waals surface area contributed by atoms with Gasteiger partial charge in [0.1, 0.15) is 5.82 Å². The zero-order valence-electron chi connectivity index (χ0n) is 10.3. The minimum atomic E-state index is -0.186. The van der Waals surface area contributed by atoms with Gasteiger partial charge in [-0.1, -0.05) is 19.1 Å². The first kappa shape index (κ1) is 11.9. The van der Waals surface area contributed by atoms with E-state index in [2.05, 4.69) is 22.1 Å². The lowest BCUT2D eigenvalue weighted by Crippen LogP contribution is -2.37. The van der Waals surface area contributed by atoms with E-state index in [1.807, 2.05) is 19.2 Å². The first-order valence-corrected chi connectivity index (χ1v) is 5.92. The minimum absolute atomic E-state index is 0.186. The van der Waals surface area contributed by atoms with E-state index < -0.39 is 0 Å². The van der Waals surface area contributed by atoms with Gasteiger partial charge in [-0.2, -0.15) is 0 Å². The van der Waals surface area contributed by atoms with Crippen LogP contribution in [0.1, 0.15) is 18.4 Å². The minimum Gasteiger partial charge on any atom is -0.356 e. The van der Waals surface area contributed by atoms with Crippen molar-refractivity contribution in [3.8, 4) is 0 Å². The van der Waals surface area contributed by atoms with Gasteiger partial charge in [-0.05, 0) is 23.6 Å². The fourth-order valence-corrected chi connectivity index (χ4v) is 1.88. The third-order valence-corrected chi connectivity index (χ3v) is 3.06. The van der Waals surface area contributed by atoms with Crippen LogP contribution < -0.4 is 5.32 Å². The second kappa shape index (κ2) is 5.17. The van der Waals surface area contributed by atoms with E-state index in [0.29, 0.717) is 5.92 Å². The quantitative estimate of drug-likeness (QED) is 0.865. The van der Waals surface area contributed by atoms with Crippen molar-refractivity contribution in [2.45, 2.75) is 12.8 Å². The summed E-state index contributed by atoms with van der Waals surface area (Å²) in [7, 11) is 2.03. The van der Waals surface area contributed by atoms with Crippen LogP contribution in [-0.4, -0.2) is 37.5 Å². The van der Waals surface area contributed by atoms with Gasteiger partial charge in [0.25, 0.3) is 0 Å². The molecule has 0 bridgehead atoms. The number of guanidine groups is 1. The Morgan fingerprint density at radius 2 is 2.12 bits per heavy atom. The second-order valence-corrected chi connectivity index (χ2v) is 4.46. The molecule has 1 unspecified atom stereocenters. The molecule has 0 aliphatic carbocycles. The summed E-state index contributed by atoms with van der Waals surface area (Å²) in [5, 5.41) is 3.33. The van der Waals surface area contributed by atoms with E-state index >= 15 is 0 Å². The molecule has 1 aliphatic rings. The summed E-state index contributed by atoms with van der Waals surface area (Å²) in [6, 6.07) is 6.68. The SMILES string of the molecule is CC(CNC1=NCCN1C)c1ccc(F)cc1. The molecule has 0 saturated heterocycles. The molecule has 2 rings (SSSR count). The zero-order valence-corrected chi connectivity index (χ0v) is 10.3. The molecule has 1 N–H and O–H groups in total. The largest absolute Gasteiger partial charge is 0.356 e. The average Bonchev–Trinajstić information content (AvgIpc) is 2.73. The number of rotatable bonds is 3. The maximum absolute atomic E-state index is 12.8. The van der Waals surface area contributed by atoms with Crippen molar-refractivity contribution in [1.29, 1.82) is 0 Å². The molecule has 0 spiro atoms. The number of benzene rings is 1. The van der Waals surface area contributed by atoms with E-state index in [9.17, 15) is 4.39 Å². The van der Waals surface area contributed by atoms with Gasteiger partial charge in [0.15, 0.2) is 5.96 Å². The van der Waals surface area contributed by atoms with Crippen LogP contribution in [0.15, 0.2) is 29.3 Å². The zero-order chi connectivity index (χ0) is 12.3. The van der Waals surface area contributed by atoms with Gasteiger partial charge in [0.2, 0.25) is 0 Å². The number of hydrogen-bond donors (Lipinski definition) is 1. The van der Waals surface area contributed by atoms with Crippen molar-refractivity contribution in [2.24, 2.45) is 4.99 Å². The molecule has 1 aromatic carbocycles. The molecule has 0 aromatic heterocycles. The van der Waals surface area contributed by atoms with Crippen LogP contribution >= 0.6 is 0 Å². The monoisotopic (exact) mass is 235 g/mol. The third-order valence-electron chi connectivity index (χ3n) is 3.06.